The van der Waals surface area contributed by atoms with E-state index in [2.05, 4.69) is 13.5 Å². The van der Waals surface area contributed by atoms with E-state index in [9.17, 15) is 13.2 Å². The highest BCUT2D eigenvalue weighted by molar-refractivity contribution is 7.89. The average molecular weight is 353 g/mol. The van der Waals surface area contributed by atoms with Crippen molar-refractivity contribution in [2.24, 2.45) is 0 Å². The Morgan fingerprint density at radius 3 is 2.58 bits per heavy atom. The fraction of sp³-hybridized carbons (Fsp3) is 0.471. The molecule has 24 heavy (non-hydrogen) atoms. The standard InChI is InChI=1S/C17H23NO5S/c1-4-5-10-23-14-6-8-15(9-7-14)24(20,21)18-12-13(2)11-16(18)17(19)22-3/h6-9,16H,2,4-5,10-12H2,1,3H3/t16-/m1/s1. The Hall–Kier alpha value is -1.86. The maximum absolute atomic E-state index is 12.8. The van der Waals surface area contributed by atoms with Crippen molar-refractivity contribution in [3.63, 3.8) is 0 Å². The van der Waals surface area contributed by atoms with Gasteiger partial charge >= 0.3 is 5.97 Å². The molecule has 0 amide bonds. The van der Waals surface area contributed by atoms with Crippen LogP contribution in [0, 0.1) is 0 Å². The summed E-state index contributed by atoms with van der Waals surface area (Å²) in [6, 6.07) is 5.38. The molecule has 0 bridgehead atoms. The molecule has 0 N–H and O–H groups in total. The number of nitrogens with zero attached hydrogens (tertiary/aromatic N) is 1. The lowest BCUT2D eigenvalue weighted by molar-refractivity contribution is -0.144. The summed E-state index contributed by atoms with van der Waals surface area (Å²) in [6.07, 6.45) is 2.25. The second kappa shape index (κ2) is 7.81. The first-order valence-corrected chi connectivity index (χ1v) is 9.33. The van der Waals surface area contributed by atoms with E-state index >= 15 is 0 Å². The van der Waals surface area contributed by atoms with E-state index in [1.54, 1.807) is 12.1 Å². The van der Waals surface area contributed by atoms with E-state index < -0.39 is 22.0 Å². The Labute approximate surface area is 143 Å². The lowest BCUT2D eigenvalue weighted by Crippen LogP contribution is -2.41. The second-order valence-corrected chi connectivity index (χ2v) is 7.61. The summed E-state index contributed by atoms with van der Waals surface area (Å²) in [4.78, 5) is 12.0. The number of esters is 1. The van der Waals surface area contributed by atoms with Gasteiger partial charge in [-0.25, -0.2) is 8.42 Å². The van der Waals surface area contributed by atoms with Crippen LogP contribution >= 0.6 is 0 Å². The van der Waals surface area contributed by atoms with E-state index in [-0.39, 0.29) is 17.9 Å². The molecule has 0 radical (unpaired) electrons. The molecule has 1 aromatic rings. The third kappa shape index (κ3) is 3.96. The second-order valence-electron chi connectivity index (χ2n) is 5.72. The molecule has 1 fully saturated rings. The summed E-state index contributed by atoms with van der Waals surface area (Å²) in [5, 5.41) is 0. The van der Waals surface area contributed by atoms with Crippen LogP contribution in [0.2, 0.25) is 0 Å². The lowest BCUT2D eigenvalue weighted by Gasteiger charge is -2.21. The Kier molecular flexibility index (Phi) is 6.01. The van der Waals surface area contributed by atoms with E-state index in [0.29, 0.717) is 17.9 Å². The Balaban J connectivity index is 2.19. The van der Waals surface area contributed by atoms with Gasteiger partial charge in [-0.3, -0.25) is 4.79 Å². The molecule has 0 spiro atoms. The Morgan fingerprint density at radius 1 is 1.33 bits per heavy atom. The molecule has 0 saturated carbocycles. The van der Waals surface area contributed by atoms with Gasteiger partial charge in [-0.05, 0) is 37.1 Å². The highest BCUT2D eigenvalue weighted by Crippen LogP contribution is 2.29. The van der Waals surface area contributed by atoms with Crippen LogP contribution in [-0.2, 0) is 19.6 Å². The van der Waals surface area contributed by atoms with Crippen molar-refractivity contribution in [1.82, 2.24) is 4.31 Å². The number of carbonyl (C=O) groups is 1. The number of sulfonamides is 1. The third-order valence-corrected chi connectivity index (χ3v) is 5.75. The molecule has 7 heteroatoms. The third-order valence-electron chi connectivity index (χ3n) is 3.88. The van der Waals surface area contributed by atoms with Crippen molar-refractivity contribution < 1.29 is 22.7 Å². The van der Waals surface area contributed by atoms with E-state index in [1.165, 1.54) is 19.2 Å². The van der Waals surface area contributed by atoms with Crippen LogP contribution in [-0.4, -0.2) is 45.0 Å². The van der Waals surface area contributed by atoms with E-state index in [4.69, 9.17) is 9.47 Å². The molecular formula is C17H23NO5S. The maximum Gasteiger partial charge on any atom is 0.324 e. The summed E-state index contributed by atoms with van der Waals surface area (Å²) < 4.78 is 37.0. The molecule has 1 aliphatic rings. The summed E-state index contributed by atoms with van der Waals surface area (Å²) >= 11 is 0. The molecule has 1 aliphatic heterocycles. The van der Waals surface area contributed by atoms with Crippen molar-refractivity contribution in [2.75, 3.05) is 20.3 Å². The first kappa shape index (κ1) is 18.5. The number of ether oxygens (including phenoxy) is 2. The number of carbonyl (C=O) groups excluding carboxylic acids is 1. The van der Waals surface area contributed by atoms with Crippen LogP contribution in [0.4, 0.5) is 0 Å². The molecule has 1 heterocycles. The maximum atomic E-state index is 12.8. The fourth-order valence-electron chi connectivity index (χ4n) is 2.54. The van der Waals surface area contributed by atoms with Gasteiger partial charge in [0.15, 0.2) is 0 Å². The first-order chi connectivity index (χ1) is 11.4. The van der Waals surface area contributed by atoms with Gasteiger partial charge in [0.25, 0.3) is 0 Å². The van der Waals surface area contributed by atoms with Gasteiger partial charge in [0.1, 0.15) is 11.8 Å². The zero-order chi connectivity index (χ0) is 17.7. The molecule has 1 saturated heterocycles. The van der Waals surface area contributed by atoms with Crippen molar-refractivity contribution in [3.8, 4) is 5.75 Å². The Morgan fingerprint density at radius 2 is 2.00 bits per heavy atom. The van der Waals surface area contributed by atoms with E-state index in [1.807, 2.05) is 0 Å². The summed E-state index contributed by atoms with van der Waals surface area (Å²) in [6.45, 7) is 6.59. The SMILES string of the molecule is C=C1C[C@H](C(=O)OC)N(S(=O)(=O)c2ccc(OCCCC)cc2)C1. The highest BCUT2D eigenvalue weighted by atomic mass is 32.2. The van der Waals surface area contributed by atoms with E-state index in [0.717, 1.165) is 17.1 Å². The fourth-order valence-corrected chi connectivity index (χ4v) is 4.14. The van der Waals surface area contributed by atoms with Crippen LogP contribution in [0.15, 0.2) is 41.3 Å². The number of benzene rings is 1. The van der Waals surface area contributed by atoms with Crippen LogP contribution < -0.4 is 4.74 Å². The molecule has 132 valence electrons. The Bertz CT molecular complexity index is 696. The summed E-state index contributed by atoms with van der Waals surface area (Å²) in [5.41, 5.74) is 0.688. The topological polar surface area (TPSA) is 72.9 Å². The quantitative estimate of drug-likeness (QED) is 0.427. The van der Waals surface area contributed by atoms with Crippen LogP contribution in [0.25, 0.3) is 0 Å². The van der Waals surface area contributed by atoms with Gasteiger partial charge in [0.05, 0.1) is 18.6 Å². The van der Waals surface area contributed by atoms with Crippen LogP contribution in [0.1, 0.15) is 26.2 Å². The first-order valence-electron chi connectivity index (χ1n) is 7.89. The van der Waals surface area contributed by atoms with Crippen molar-refractivity contribution >= 4 is 16.0 Å². The van der Waals surface area contributed by atoms with Gasteiger partial charge in [-0.1, -0.05) is 25.5 Å². The van der Waals surface area contributed by atoms with Gasteiger partial charge < -0.3 is 9.47 Å². The summed E-state index contributed by atoms with van der Waals surface area (Å²) in [7, 11) is -2.56. The predicted molar refractivity (Wildman–Crippen MR) is 90.3 cm³/mol. The molecule has 0 aliphatic carbocycles. The monoisotopic (exact) mass is 353 g/mol. The number of rotatable bonds is 7. The zero-order valence-corrected chi connectivity index (χ0v) is 14.8. The van der Waals surface area contributed by atoms with Crippen LogP contribution in [0.3, 0.4) is 0 Å². The number of hydrogen-bond acceptors (Lipinski definition) is 5. The summed E-state index contributed by atoms with van der Waals surface area (Å²) in [5.74, 6) is 0.0505. The van der Waals surface area contributed by atoms with Crippen LogP contribution in [0.5, 0.6) is 5.75 Å². The van der Waals surface area contributed by atoms with Gasteiger partial charge in [0.2, 0.25) is 10.0 Å². The molecule has 2 rings (SSSR count). The molecule has 1 atom stereocenters. The average Bonchev–Trinajstić information content (AvgIpc) is 2.97. The highest BCUT2D eigenvalue weighted by Gasteiger charge is 2.41. The minimum Gasteiger partial charge on any atom is -0.494 e. The molecular weight excluding hydrogens is 330 g/mol. The minimum atomic E-state index is -3.80. The van der Waals surface area contributed by atoms with Gasteiger partial charge in [0, 0.05) is 6.54 Å². The van der Waals surface area contributed by atoms with Gasteiger partial charge in [-0.15, -0.1) is 0 Å². The van der Waals surface area contributed by atoms with Crippen molar-refractivity contribution in [1.29, 1.82) is 0 Å². The zero-order valence-electron chi connectivity index (χ0n) is 14.0. The number of methoxy groups -OCH3 is 1. The smallest absolute Gasteiger partial charge is 0.324 e. The normalized spacial score (nSPS) is 18.6. The van der Waals surface area contributed by atoms with Crippen molar-refractivity contribution in [2.45, 2.75) is 37.1 Å². The lowest BCUT2D eigenvalue weighted by atomic mass is 10.2. The molecule has 0 aromatic heterocycles. The number of unbranched alkanes of at least 4 members (excludes halogenated alkanes) is 1. The molecule has 0 unspecified atom stereocenters. The number of hydrogen-bond donors (Lipinski definition) is 0. The largest absolute Gasteiger partial charge is 0.494 e. The van der Waals surface area contributed by atoms with Crippen molar-refractivity contribution in [3.05, 3.63) is 36.4 Å². The molecule has 1 aromatic carbocycles. The molecule has 6 nitrogen and oxygen atoms in total. The van der Waals surface area contributed by atoms with Gasteiger partial charge in [-0.2, -0.15) is 4.31 Å². The minimum absolute atomic E-state index is 0.119. The predicted octanol–water partition coefficient (Wildman–Crippen LogP) is 2.36.